The number of H-pyrrole nitrogens is 1. The molecule has 2 aromatic carbocycles. The summed E-state index contributed by atoms with van der Waals surface area (Å²) < 4.78 is 19.2. The van der Waals surface area contributed by atoms with Crippen molar-refractivity contribution in [1.82, 2.24) is 9.88 Å². The molecule has 2 heterocycles. The highest BCUT2D eigenvalue weighted by atomic mass is 19.1. The predicted octanol–water partition coefficient (Wildman–Crippen LogP) is 4.63. The highest BCUT2D eigenvalue weighted by molar-refractivity contribution is 5.86. The minimum Gasteiger partial charge on any atom is -0.466 e. The van der Waals surface area contributed by atoms with E-state index in [1.807, 2.05) is 36.5 Å². The first-order valence-electron chi connectivity index (χ1n) is 10.8. The molecule has 6 heteroatoms. The Morgan fingerprint density at radius 3 is 2.87 bits per heavy atom. The van der Waals surface area contributed by atoms with Gasteiger partial charge in [0.1, 0.15) is 5.82 Å². The minimum atomic E-state index is -0.324. The molecule has 1 fully saturated rings. The number of aromatic nitrogens is 1. The van der Waals surface area contributed by atoms with Gasteiger partial charge in [0.25, 0.3) is 0 Å². The van der Waals surface area contributed by atoms with E-state index in [2.05, 4.69) is 4.98 Å². The number of amides is 1. The van der Waals surface area contributed by atoms with Gasteiger partial charge in [-0.05, 0) is 49.1 Å². The van der Waals surface area contributed by atoms with E-state index >= 15 is 0 Å². The molecular weight excluding hydrogens is 395 g/mol. The lowest BCUT2D eigenvalue weighted by Crippen LogP contribution is -2.43. The third-order valence-electron chi connectivity index (χ3n) is 6.02. The van der Waals surface area contributed by atoms with Crippen molar-refractivity contribution in [3.63, 3.8) is 0 Å². The van der Waals surface area contributed by atoms with Crippen molar-refractivity contribution in [2.24, 2.45) is 5.92 Å². The lowest BCUT2D eigenvalue weighted by molar-refractivity contribution is -0.151. The Kier molecular flexibility index (Phi) is 6.35. The van der Waals surface area contributed by atoms with Gasteiger partial charge in [-0.3, -0.25) is 9.59 Å². The number of nitrogens with one attached hydrogen (secondary N) is 1. The Bertz CT molecular complexity index is 1080. The standard InChI is InChI=1S/C25H27FN2O3/c1-2-31-25(30)18-8-6-12-28(16-18)24(29)14-21(17-7-5-9-19(26)13-17)22-15-27-23-11-4-3-10-20(22)23/h3-5,7,9-11,13,15,18,21,27H,2,6,8,12,14,16H2,1H3. The topological polar surface area (TPSA) is 62.4 Å². The lowest BCUT2D eigenvalue weighted by atomic mass is 9.87. The number of nitrogens with zero attached hydrogens (tertiary/aromatic N) is 1. The van der Waals surface area contributed by atoms with Gasteiger partial charge in [-0.15, -0.1) is 0 Å². The SMILES string of the molecule is CCOC(=O)C1CCCN(C(=O)CC(c2cccc(F)c2)c2c[nH]c3ccccc23)C1. The number of aromatic amines is 1. The summed E-state index contributed by atoms with van der Waals surface area (Å²) in [6, 6.07) is 14.3. The molecule has 1 N–H and O–H groups in total. The molecule has 1 saturated heterocycles. The Hall–Kier alpha value is -3.15. The number of carbonyl (C=O) groups is 2. The maximum Gasteiger partial charge on any atom is 0.310 e. The zero-order valence-electron chi connectivity index (χ0n) is 17.6. The number of hydrogen-bond acceptors (Lipinski definition) is 3. The summed E-state index contributed by atoms with van der Waals surface area (Å²) in [4.78, 5) is 30.5. The van der Waals surface area contributed by atoms with E-state index < -0.39 is 0 Å². The third-order valence-corrected chi connectivity index (χ3v) is 6.02. The van der Waals surface area contributed by atoms with Crippen molar-refractivity contribution in [3.05, 3.63) is 71.7 Å². The van der Waals surface area contributed by atoms with Crippen LogP contribution in [0.1, 0.15) is 43.2 Å². The number of benzene rings is 2. The van der Waals surface area contributed by atoms with E-state index in [9.17, 15) is 14.0 Å². The summed E-state index contributed by atoms with van der Waals surface area (Å²) in [6.45, 7) is 3.12. The maximum atomic E-state index is 14.0. The average Bonchev–Trinajstić information content (AvgIpc) is 3.21. The monoisotopic (exact) mass is 422 g/mol. The zero-order chi connectivity index (χ0) is 21.8. The van der Waals surface area contributed by atoms with Crippen molar-refractivity contribution in [2.75, 3.05) is 19.7 Å². The number of fused-ring (bicyclic) bond motifs is 1. The molecule has 2 atom stereocenters. The molecule has 1 aromatic heterocycles. The average molecular weight is 423 g/mol. The van der Waals surface area contributed by atoms with Crippen LogP contribution in [0.2, 0.25) is 0 Å². The molecule has 0 spiro atoms. The van der Waals surface area contributed by atoms with Crippen molar-refractivity contribution >= 4 is 22.8 Å². The summed E-state index contributed by atoms with van der Waals surface area (Å²) in [5, 5.41) is 1.02. The van der Waals surface area contributed by atoms with Crippen molar-refractivity contribution in [2.45, 2.75) is 32.1 Å². The third kappa shape index (κ3) is 4.63. The second-order valence-corrected chi connectivity index (χ2v) is 8.03. The second-order valence-electron chi connectivity index (χ2n) is 8.03. The zero-order valence-corrected chi connectivity index (χ0v) is 17.6. The molecule has 2 unspecified atom stereocenters. The van der Waals surface area contributed by atoms with Gasteiger partial charge in [0.15, 0.2) is 0 Å². The van der Waals surface area contributed by atoms with Crippen molar-refractivity contribution in [3.8, 4) is 0 Å². The van der Waals surface area contributed by atoms with Crippen LogP contribution in [0, 0.1) is 11.7 Å². The number of hydrogen-bond donors (Lipinski definition) is 1. The Labute approximate surface area is 181 Å². The van der Waals surface area contributed by atoms with Gasteiger partial charge in [-0.1, -0.05) is 30.3 Å². The van der Waals surface area contributed by atoms with Crippen LogP contribution < -0.4 is 0 Å². The van der Waals surface area contributed by atoms with Crippen LogP contribution in [-0.2, 0) is 14.3 Å². The number of esters is 1. The van der Waals surface area contributed by atoms with Gasteiger partial charge in [-0.25, -0.2) is 4.39 Å². The van der Waals surface area contributed by atoms with Gasteiger partial charge in [0.05, 0.1) is 12.5 Å². The fraction of sp³-hybridized carbons (Fsp3) is 0.360. The summed E-state index contributed by atoms with van der Waals surface area (Å²) >= 11 is 0. The predicted molar refractivity (Wildman–Crippen MR) is 117 cm³/mol. The van der Waals surface area contributed by atoms with Crippen LogP contribution in [0.25, 0.3) is 10.9 Å². The quantitative estimate of drug-likeness (QED) is 0.589. The Morgan fingerprint density at radius 1 is 1.23 bits per heavy atom. The van der Waals surface area contributed by atoms with E-state index in [1.54, 1.807) is 17.9 Å². The molecule has 4 rings (SSSR count). The number of rotatable bonds is 6. The number of ether oxygens (including phenoxy) is 1. The first-order chi connectivity index (χ1) is 15.1. The van der Waals surface area contributed by atoms with Crippen LogP contribution in [0.15, 0.2) is 54.7 Å². The number of halogens is 1. The van der Waals surface area contributed by atoms with E-state index in [1.165, 1.54) is 12.1 Å². The number of likely N-dealkylation sites (tertiary alicyclic amines) is 1. The molecule has 5 nitrogen and oxygen atoms in total. The van der Waals surface area contributed by atoms with Gasteiger partial charge in [-0.2, -0.15) is 0 Å². The van der Waals surface area contributed by atoms with Gasteiger partial charge >= 0.3 is 5.97 Å². The van der Waals surface area contributed by atoms with Crippen LogP contribution in [0.4, 0.5) is 4.39 Å². The van der Waals surface area contributed by atoms with Crippen molar-refractivity contribution in [1.29, 1.82) is 0 Å². The fourth-order valence-corrected chi connectivity index (χ4v) is 4.47. The van der Waals surface area contributed by atoms with E-state index in [0.29, 0.717) is 19.7 Å². The maximum absolute atomic E-state index is 14.0. The van der Waals surface area contributed by atoms with Crippen molar-refractivity contribution < 1.29 is 18.7 Å². The molecular formula is C25H27FN2O3. The van der Waals surface area contributed by atoms with Crippen LogP contribution in [-0.4, -0.2) is 41.5 Å². The second kappa shape index (κ2) is 9.33. The fourth-order valence-electron chi connectivity index (χ4n) is 4.47. The minimum absolute atomic E-state index is 0.0338. The van der Waals surface area contributed by atoms with Gasteiger partial charge in [0, 0.05) is 42.5 Å². The summed E-state index contributed by atoms with van der Waals surface area (Å²) in [7, 11) is 0. The molecule has 3 aromatic rings. The Morgan fingerprint density at radius 2 is 2.06 bits per heavy atom. The summed E-state index contributed by atoms with van der Waals surface area (Å²) in [6.07, 6.45) is 3.62. The molecule has 31 heavy (non-hydrogen) atoms. The molecule has 0 radical (unpaired) electrons. The van der Waals surface area contributed by atoms with Crippen LogP contribution >= 0.6 is 0 Å². The summed E-state index contributed by atoms with van der Waals surface area (Å²) in [5.41, 5.74) is 2.71. The van der Waals surface area contributed by atoms with E-state index in [-0.39, 0.29) is 36.0 Å². The summed E-state index contributed by atoms with van der Waals surface area (Å²) in [5.74, 6) is -1.16. The smallest absolute Gasteiger partial charge is 0.310 e. The number of piperidine rings is 1. The first-order valence-corrected chi connectivity index (χ1v) is 10.8. The molecule has 0 saturated carbocycles. The number of para-hydroxylation sites is 1. The molecule has 0 aliphatic carbocycles. The Balaban J connectivity index is 1.61. The highest BCUT2D eigenvalue weighted by Crippen LogP contribution is 2.34. The first kappa shape index (κ1) is 21.1. The van der Waals surface area contributed by atoms with Crippen LogP contribution in [0.5, 0.6) is 0 Å². The molecule has 1 amide bonds. The number of carbonyl (C=O) groups excluding carboxylic acids is 2. The molecule has 1 aliphatic rings. The van der Waals surface area contributed by atoms with Gasteiger partial charge in [0.2, 0.25) is 5.91 Å². The lowest BCUT2D eigenvalue weighted by Gasteiger charge is -2.32. The van der Waals surface area contributed by atoms with Gasteiger partial charge < -0.3 is 14.6 Å². The highest BCUT2D eigenvalue weighted by Gasteiger charge is 2.31. The van der Waals surface area contributed by atoms with Crippen LogP contribution in [0.3, 0.4) is 0 Å². The molecule has 1 aliphatic heterocycles. The molecule has 162 valence electrons. The molecule has 0 bridgehead atoms. The van der Waals surface area contributed by atoms with E-state index in [4.69, 9.17) is 4.74 Å². The van der Waals surface area contributed by atoms with E-state index in [0.717, 1.165) is 34.9 Å². The normalized spacial score (nSPS) is 17.5. The largest absolute Gasteiger partial charge is 0.466 e.